The van der Waals surface area contributed by atoms with Crippen molar-refractivity contribution in [2.24, 2.45) is 21.5 Å². The third-order valence-corrected chi connectivity index (χ3v) is 5.87. The van der Waals surface area contributed by atoms with E-state index in [1.165, 1.54) is 12.5 Å². The molecule has 4 rings (SSSR count). The quantitative estimate of drug-likeness (QED) is 0.846. The number of nitrogens with zero attached hydrogens (tertiary/aromatic N) is 3. The number of halogens is 1. The smallest absolute Gasteiger partial charge is 0.220 e. The molecule has 0 atom stereocenters. The van der Waals surface area contributed by atoms with Crippen molar-refractivity contribution < 1.29 is 9.13 Å². The first-order valence-corrected chi connectivity index (χ1v) is 10.0. The monoisotopic (exact) mass is 373 g/mol. The second kappa shape index (κ2) is 7.37. The molecule has 27 heavy (non-hydrogen) atoms. The van der Waals surface area contributed by atoms with Crippen molar-refractivity contribution in [1.82, 2.24) is 0 Å². The minimum Gasteiger partial charge on any atom is -0.488 e. The number of aliphatic imine (C=N–C) groups is 2. The van der Waals surface area contributed by atoms with E-state index in [0.717, 1.165) is 57.8 Å². The SMILES string of the molecule is NC1=NC2(CCCCC2)N(c2c(F)cccc2OC2CCCCC2)C(N)=N1. The van der Waals surface area contributed by atoms with Gasteiger partial charge in [0.25, 0.3) is 0 Å². The number of guanidine groups is 2. The minimum absolute atomic E-state index is 0.109. The maximum absolute atomic E-state index is 15.1. The van der Waals surface area contributed by atoms with Gasteiger partial charge in [-0.3, -0.25) is 4.90 Å². The molecule has 6 nitrogen and oxygen atoms in total. The molecule has 1 aliphatic heterocycles. The van der Waals surface area contributed by atoms with Gasteiger partial charge in [0.2, 0.25) is 11.9 Å². The van der Waals surface area contributed by atoms with Gasteiger partial charge in [-0.2, -0.15) is 4.99 Å². The van der Waals surface area contributed by atoms with E-state index in [-0.39, 0.29) is 23.8 Å². The Hall–Kier alpha value is -2.31. The van der Waals surface area contributed by atoms with Crippen molar-refractivity contribution in [1.29, 1.82) is 0 Å². The first kappa shape index (κ1) is 18.1. The van der Waals surface area contributed by atoms with Crippen molar-refractivity contribution in [2.75, 3.05) is 4.90 Å². The van der Waals surface area contributed by atoms with E-state index < -0.39 is 5.66 Å². The van der Waals surface area contributed by atoms with Gasteiger partial charge in [0.05, 0.1) is 6.10 Å². The molecule has 2 fully saturated rings. The Bertz CT molecular complexity index is 751. The van der Waals surface area contributed by atoms with Gasteiger partial charge in [0, 0.05) is 0 Å². The van der Waals surface area contributed by atoms with Crippen LogP contribution >= 0.6 is 0 Å². The Morgan fingerprint density at radius 2 is 1.74 bits per heavy atom. The van der Waals surface area contributed by atoms with Crippen LogP contribution in [-0.2, 0) is 0 Å². The summed E-state index contributed by atoms with van der Waals surface area (Å²) >= 11 is 0. The Morgan fingerprint density at radius 3 is 2.48 bits per heavy atom. The maximum atomic E-state index is 15.1. The second-order valence-corrected chi connectivity index (χ2v) is 7.78. The molecular weight excluding hydrogens is 345 g/mol. The van der Waals surface area contributed by atoms with Crippen LogP contribution in [0.3, 0.4) is 0 Å². The molecule has 1 heterocycles. The summed E-state index contributed by atoms with van der Waals surface area (Å²) in [5, 5.41) is 0. The van der Waals surface area contributed by atoms with Crippen LogP contribution in [0.25, 0.3) is 0 Å². The molecule has 3 aliphatic rings. The third-order valence-electron chi connectivity index (χ3n) is 5.87. The Morgan fingerprint density at radius 1 is 1.04 bits per heavy atom. The van der Waals surface area contributed by atoms with E-state index in [4.69, 9.17) is 16.2 Å². The molecule has 4 N–H and O–H groups in total. The normalized spacial score (nSPS) is 23.1. The Balaban J connectivity index is 1.75. The summed E-state index contributed by atoms with van der Waals surface area (Å²) in [7, 11) is 0. The number of nitrogens with two attached hydrogens (primary N) is 2. The molecule has 2 aliphatic carbocycles. The number of anilines is 1. The zero-order valence-corrected chi connectivity index (χ0v) is 15.7. The van der Waals surface area contributed by atoms with Crippen LogP contribution in [0.4, 0.5) is 10.1 Å². The van der Waals surface area contributed by atoms with Crippen LogP contribution in [0, 0.1) is 5.82 Å². The van der Waals surface area contributed by atoms with E-state index in [9.17, 15) is 0 Å². The molecule has 7 heteroatoms. The highest BCUT2D eigenvalue weighted by Crippen LogP contribution is 2.44. The van der Waals surface area contributed by atoms with Crippen molar-refractivity contribution in [3.63, 3.8) is 0 Å². The molecule has 146 valence electrons. The van der Waals surface area contributed by atoms with Crippen LogP contribution in [0.2, 0.25) is 0 Å². The molecule has 0 amide bonds. The van der Waals surface area contributed by atoms with Gasteiger partial charge >= 0.3 is 0 Å². The summed E-state index contributed by atoms with van der Waals surface area (Å²) in [5.74, 6) is 0.488. The fraction of sp³-hybridized carbons (Fsp3) is 0.600. The molecule has 0 aromatic heterocycles. The molecular formula is C20H28FN5O. The van der Waals surface area contributed by atoms with Gasteiger partial charge in [-0.1, -0.05) is 18.9 Å². The van der Waals surface area contributed by atoms with E-state index in [0.29, 0.717) is 11.4 Å². The first-order chi connectivity index (χ1) is 13.1. The number of ether oxygens (including phenoxy) is 1. The highest BCUT2D eigenvalue weighted by atomic mass is 19.1. The summed E-state index contributed by atoms with van der Waals surface area (Å²) in [4.78, 5) is 10.5. The highest BCUT2D eigenvalue weighted by Gasteiger charge is 2.44. The van der Waals surface area contributed by atoms with Crippen LogP contribution in [-0.4, -0.2) is 23.7 Å². The second-order valence-electron chi connectivity index (χ2n) is 7.78. The van der Waals surface area contributed by atoms with Crippen molar-refractivity contribution in [3.8, 4) is 5.75 Å². The topological polar surface area (TPSA) is 89.2 Å². The van der Waals surface area contributed by atoms with Crippen LogP contribution in [0.1, 0.15) is 64.2 Å². The lowest BCUT2D eigenvalue weighted by Crippen LogP contribution is -2.58. The van der Waals surface area contributed by atoms with E-state index in [1.54, 1.807) is 11.0 Å². The molecule has 0 saturated heterocycles. The summed E-state index contributed by atoms with van der Waals surface area (Å²) in [6, 6.07) is 4.94. The van der Waals surface area contributed by atoms with Gasteiger partial charge in [-0.25, -0.2) is 9.38 Å². The minimum atomic E-state index is -0.680. The van der Waals surface area contributed by atoms with Crippen LogP contribution in [0.15, 0.2) is 28.2 Å². The number of hydrogen-bond acceptors (Lipinski definition) is 6. The van der Waals surface area contributed by atoms with E-state index in [2.05, 4.69) is 9.98 Å². The molecule has 0 bridgehead atoms. The van der Waals surface area contributed by atoms with Crippen LogP contribution < -0.4 is 21.1 Å². The maximum Gasteiger partial charge on any atom is 0.220 e. The van der Waals surface area contributed by atoms with Crippen LogP contribution in [0.5, 0.6) is 5.75 Å². The predicted molar refractivity (Wildman–Crippen MR) is 105 cm³/mol. The molecule has 0 unspecified atom stereocenters. The average Bonchev–Trinajstić information content (AvgIpc) is 2.65. The fourth-order valence-corrected chi connectivity index (χ4v) is 4.62. The zero-order chi connectivity index (χ0) is 18.9. The zero-order valence-electron chi connectivity index (χ0n) is 15.7. The number of rotatable bonds is 3. The standard InChI is InChI=1S/C20H28FN5O/c21-15-10-7-11-16(27-14-8-3-1-4-9-14)17(15)26-19(23)24-18(22)25-20(26)12-5-2-6-13-20/h7,10-11,14H,1-6,8-9,12-13H2,(H4,22,23,24,25). The molecule has 1 aromatic carbocycles. The lowest BCUT2D eigenvalue weighted by Gasteiger charge is -2.46. The molecule has 2 saturated carbocycles. The van der Waals surface area contributed by atoms with Crippen molar-refractivity contribution in [3.05, 3.63) is 24.0 Å². The predicted octanol–water partition coefficient (Wildman–Crippen LogP) is 3.65. The summed E-state index contributed by atoms with van der Waals surface area (Å²) in [6.45, 7) is 0. The molecule has 1 spiro atoms. The lowest BCUT2D eigenvalue weighted by molar-refractivity contribution is 0.154. The largest absolute Gasteiger partial charge is 0.488 e. The molecule has 1 aromatic rings. The fourth-order valence-electron chi connectivity index (χ4n) is 4.62. The highest BCUT2D eigenvalue weighted by molar-refractivity contribution is 6.06. The van der Waals surface area contributed by atoms with Crippen molar-refractivity contribution >= 4 is 17.6 Å². The Kier molecular flexibility index (Phi) is 4.93. The van der Waals surface area contributed by atoms with E-state index in [1.807, 2.05) is 6.07 Å². The lowest BCUT2D eigenvalue weighted by atomic mass is 9.87. The third kappa shape index (κ3) is 3.47. The van der Waals surface area contributed by atoms with Gasteiger partial charge in [0.15, 0.2) is 5.82 Å². The van der Waals surface area contributed by atoms with Crippen molar-refractivity contribution in [2.45, 2.75) is 76.0 Å². The van der Waals surface area contributed by atoms with Gasteiger partial charge in [-0.15, -0.1) is 0 Å². The van der Waals surface area contributed by atoms with Gasteiger partial charge < -0.3 is 16.2 Å². The number of hydrogen-bond donors (Lipinski definition) is 2. The number of benzene rings is 1. The van der Waals surface area contributed by atoms with Gasteiger partial charge in [0.1, 0.15) is 17.1 Å². The Labute approximate surface area is 159 Å². The van der Waals surface area contributed by atoms with E-state index >= 15 is 4.39 Å². The molecule has 0 radical (unpaired) electrons. The summed E-state index contributed by atoms with van der Waals surface area (Å²) in [5.41, 5.74) is 11.9. The van der Waals surface area contributed by atoms with Gasteiger partial charge in [-0.05, 0) is 63.5 Å². The summed E-state index contributed by atoms with van der Waals surface area (Å²) in [6.07, 6.45) is 10.3. The average molecular weight is 373 g/mol. The first-order valence-electron chi connectivity index (χ1n) is 10.0. The number of para-hydroxylation sites is 1. The summed E-state index contributed by atoms with van der Waals surface area (Å²) < 4.78 is 21.3.